The SMILES string of the molecule is COC1=C(c2cc(I)ccc2F)NN(C)C(C(=O)O)C1=O. The summed E-state index contributed by atoms with van der Waals surface area (Å²) in [7, 11) is 2.64. The number of Topliss-reactive ketones (excluding diaryl/α,β-unsaturated/α-hetero) is 1. The smallest absolute Gasteiger partial charge is 0.331 e. The quantitative estimate of drug-likeness (QED) is 0.581. The first-order valence-electron chi connectivity index (χ1n) is 5.87. The van der Waals surface area contributed by atoms with Crippen LogP contribution in [0.25, 0.3) is 5.70 Å². The highest BCUT2D eigenvalue weighted by atomic mass is 127. The summed E-state index contributed by atoms with van der Waals surface area (Å²) in [5, 5.41) is 10.2. The largest absolute Gasteiger partial charge is 0.491 e. The number of aliphatic carboxylic acids is 1. The molecule has 0 radical (unpaired) electrons. The van der Waals surface area contributed by atoms with E-state index < -0.39 is 23.6 Å². The second-order valence-corrected chi connectivity index (χ2v) is 5.61. The predicted molar refractivity (Wildman–Crippen MR) is 80.4 cm³/mol. The average Bonchev–Trinajstić information content (AvgIpc) is 2.40. The monoisotopic (exact) mass is 406 g/mol. The maximum Gasteiger partial charge on any atom is 0.331 e. The van der Waals surface area contributed by atoms with Gasteiger partial charge in [-0.2, -0.15) is 0 Å². The Morgan fingerprint density at radius 1 is 1.52 bits per heavy atom. The van der Waals surface area contributed by atoms with E-state index in [0.717, 1.165) is 8.58 Å². The number of halogens is 2. The molecule has 0 spiro atoms. The first kappa shape index (κ1) is 15.7. The second-order valence-electron chi connectivity index (χ2n) is 4.36. The van der Waals surface area contributed by atoms with Gasteiger partial charge in [-0.05, 0) is 40.8 Å². The van der Waals surface area contributed by atoms with Crippen molar-refractivity contribution in [1.82, 2.24) is 10.4 Å². The third kappa shape index (κ3) is 2.86. The van der Waals surface area contributed by atoms with Crippen molar-refractivity contribution in [2.24, 2.45) is 0 Å². The van der Waals surface area contributed by atoms with Gasteiger partial charge in [-0.25, -0.2) is 14.2 Å². The molecule has 1 heterocycles. The van der Waals surface area contributed by atoms with Gasteiger partial charge in [-0.15, -0.1) is 0 Å². The zero-order valence-corrected chi connectivity index (χ0v) is 13.3. The molecule has 0 aromatic heterocycles. The Kier molecular flexibility index (Phi) is 4.47. The third-order valence-electron chi connectivity index (χ3n) is 3.01. The van der Waals surface area contributed by atoms with E-state index in [2.05, 4.69) is 5.43 Å². The number of carboxylic acids is 1. The molecule has 1 aromatic rings. The molecule has 1 atom stereocenters. The van der Waals surface area contributed by atoms with Gasteiger partial charge in [-0.1, -0.05) is 0 Å². The van der Waals surface area contributed by atoms with Crippen LogP contribution in [0.5, 0.6) is 0 Å². The lowest BCUT2D eigenvalue weighted by molar-refractivity contribution is -0.149. The van der Waals surface area contributed by atoms with Crippen LogP contribution in [0, 0.1) is 9.39 Å². The standard InChI is InChI=1S/C13H12FIN2O4/c1-17-10(13(19)20)11(18)12(21-2)9(16-17)7-5-6(15)3-4-8(7)14/h3-5,10,16H,1-2H3,(H,19,20). The second kappa shape index (κ2) is 5.98. The van der Waals surface area contributed by atoms with Gasteiger partial charge in [-0.3, -0.25) is 4.79 Å². The number of ether oxygens (including phenoxy) is 1. The Bertz CT molecular complexity index is 647. The molecule has 112 valence electrons. The summed E-state index contributed by atoms with van der Waals surface area (Å²) in [4.78, 5) is 23.4. The number of nitrogens with one attached hydrogen (secondary N) is 1. The Morgan fingerprint density at radius 3 is 2.76 bits per heavy atom. The zero-order chi connectivity index (χ0) is 15.7. The van der Waals surface area contributed by atoms with Crippen molar-refractivity contribution in [1.29, 1.82) is 0 Å². The number of hydrogen-bond donors (Lipinski definition) is 2. The van der Waals surface area contributed by atoms with Gasteiger partial charge in [0.05, 0.1) is 7.11 Å². The Morgan fingerprint density at radius 2 is 2.19 bits per heavy atom. The highest BCUT2D eigenvalue weighted by Crippen LogP contribution is 2.27. The number of methoxy groups -OCH3 is 1. The van der Waals surface area contributed by atoms with E-state index in [1.807, 2.05) is 22.6 Å². The minimum Gasteiger partial charge on any atom is -0.491 e. The van der Waals surface area contributed by atoms with E-state index in [-0.39, 0.29) is 17.0 Å². The lowest BCUT2D eigenvalue weighted by atomic mass is 10.0. The van der Waals surface area contributed by atoms with E-state index in [1.165, 1.54) is 20.2 Å². The van der Waals surface area contributed by atoms with Crippen LogP contribution in [0.2, 0.25) is 0 Å². The fraction of sp³-hybridized carbons (Fsp3) is 0.231. The van der Waals surface area contributed by atoms with E-state index >= 15 is 0 Å². The van der Waals surface area contributed by atoms with Crippen molar-refractivity contribution < 1.29 is 23.8 Å². The number of rotatable bonds is 3. The molecule has 8 heteroatoms. The Hall–Kier alpha value is -1.68. The summed E-state index contributed by atoms with van der Waals surface area (Å²) in [6.07, 6.45) is 0. The molecule has 1 aliphatic heterocycles. The maximum absolute atomic E-state index is 14.0. The summed E-state index contributed by atoms with van der Waals surface area (Å²) in [5.74, 6) is -2.80. The number of hydrazine groups is 1. The molecule has 0 saturated carbocycles. The van der Waals surface area contributed by atoms with Gasteiger partial charge < -0.3 is 15.3 Å². The van der Waals surface area contributed by atoms with E-state index in [1.54, 1.807) is 12.1 Å². The van der Waals surface area contributed by atoms with Gasteiger partial charge in [0.25, 0.3) is 0 Å². The van der Waals surface area contributed by atoms with Crippen molar-refractivity contribution in [2.75, 3.05) is 14.2 Å². The van der Waals surface area contributed by atoms with Crippen LogP contribution < -0.4 is 5.43 Å². The van der Waals surface area contributed by atoms with Crippen molar-refractivity contribution in [2.45, 2.75) is 6.04 Å². The normalized spacial score (nSPS) is 19.4. The number of hydrogen-bond acceptors (Lipinski definition) is 5. The van der Waals surface area contributed by atoms with Crippen LogP contribution in [0.3, 0.4) is 0 Å². The summed E-state index contributed by atoms with van der Waals surface area (Å²) in [5.41, 5.74) is 2.96. The molecule has 2 N–H and O–H groups in total. The van der Waals surface area contributed by atoms with E-state index in [4.69, 9.17) is 9.84 Å². The highest BCUT2D eigenvalue weighted by molar-refractivity contribution is 14.1. The molecule has 1 aliphatic rings. The summed E-state index contributed by atoms with van der Waals surface area (Å²) in [6, 6.07) is 2.97. The molecule has 1 aromatic carbocycles. The molecular formula is C13H12FIN2O4. The highest BCUT2D eigenvalue weighted by Gasteiger charge is 2.40. The molecule has 0 saturated heterocycles. The number of carbonyl (C=O) groups is 2. The van der Waals surface area contributed by atoms with Crippen molar-refractivity contribution in [3.63, 3.8) is 0 Å². The third-order valence-corrected chi connectivity index (χ3v) is 3.68. The lowest BCUT2D eigenvalue weighted by Gasteiger charge is -2.32. The van der Waals surface area contributed by atoms with Crippen LogP contribution in [-0.4, -0.2) is 42.1 Å². The number of carboxylic acid groups (broad SMARTS) is 1. The van der Waals surface area contributed by atoms with E-state index in [9.17, 15) is 14.0 Å². The zero-order valence-electron chi connectivity index (χ0n) is 11.2. The number of likely N-dealkylation sites (N-methyl/N-ethyl adjacent to an activating group) is 1. The number of carbonyl (C=O) groups excluding carboxylic acids is 1. The van der Waals surface area contributed by atoms with Gasteiger partial charge in [0.15, 0.2) is 11.8 Å². The summed E-state index contributed by atoms with van der Waals surface area (Å²) in [6.45, 7) is 0. The lowest BCUT2D eigenvalue weighted by Crippen LogP contribution is -2.55. The number of ketones is 1. The fourth-order valence-corrected chi connectivity index (χ4v) is 2.56. The summed E-state index contributed by atoms with van der Waals surface area (Å²) >= 11 is 2.01. The minimum absolute atomic E-state index is 0.110. The van der Waals surface area contributed by atoms with Crippen molar-refractivity contribution in [3.05, 3.63) is 38.9 Å². The fourth-order valence-electron chi connectivity index (χ4n) is 2.07. The van der Waals surface area contributed by atoms with Crippen LogP contribution >= 0.6 is 22.6 Å². The Balaban J connectivity index is 2.60. The molecule has 0 bridgehead atoms. The first-order chi connectivity index (χ1) is 9.86. The predicted octanol–water partition coefficient (Wildman–Crippen LogP) is 1.22. The molecular weight excluding hydrogens is 394 g/mol. The molecule has 0 amide bonds. The van der Waals surface area contributed by atoms with E-state index in [0.29, 0.717) is 0 Å². The van der Waals surface area contributed by atoms with Crippen LogP contribution in [0.4, 0.5) is 4.39 Å². The number of nitrogens with zero attached hydrogens (tertiary/aromatic N) is 1. The van der Waals surface area contributed by atoms with Crippen LogP contribution in [0.1, 0.15) is 5.56 Å². The molecule has 2 rings (SSSR count). The van der Waals surface area contributed by atoms with Crippen LogP contribution in [0.15, 0.2) is 24.0 Å². The Labute approximate surface area is 133 Å². The van der Waals surface area contributed by atoms with Gasteiger partial charge in [0.1, 0.15) is 11.5 Å². The van der Waals surface area contributed by atoms with Crippen molar-refractivity contribution >= 4 is 40.0 Å². The number of benzene rings is 1. The van der Waals surface area contributed by atoms with Crippen molar-refractivity contribution in [3.8, 4) is 0 Å². The van der Waals surface area contributed by atoms with Gasteiger partial charge >= 0.3 is 5.97 Å². The van der Waals surface area contributed by atoms with Crippen LogP contribution in [-0.2, 0) is 14.3 Å². The molecule has 21 heavy (non-hydrogen) atoms. The molecule has 1 unspecified atom stereocenters. The molecule has 0 fully saturated rings. The first-order valence-corrected chi connectivity index (χ1v) is 6.95. The topological polar surface area (TPSA) is 78.9 Å². The maximum atomic E-state index is 14.0. The molecule has 6 nitrogen and oxygen atoms in total. The van der Waals surface area contributed by atoms with Gasteiger partial charge in [0, 0.05) is 16.2 Å². The average molecular weight is 406 g/mol. The minimum atomic E-state index is -1.42. The van der Waals surface area contributed by atoms with Gasteiger partial charge in [0.2, 0.25) is 5.78 Å². The summed E-state index contributed by atoms with van der Waals surface area (Å²) < 4.78 is 19.8. The molecule has 0 aliphatic carbocycles.